The van der Waals surface area contributed by atoms with Crippen LogP contribution in [0.4, 0.5) is 0 Å². The van der Waals surface area contributed by atoms with E-state index in [-0.39, 0.29) is 18.3 Å². The number of halogens is 1. The Balaban J connectivity index is 0.00000192. The molecule has 1 unspecified atom stereocenters. The van der Waals surface area contributed by atoms with E-state index in [9.17, 15) is 4.79 Å². The fourth-order valence-corrected chi connectivity index (χ4v) is 3.50. The lowest BCUT2D eigenvalue weighted by Crippen LogP contribution is -2.46. The Hall–Kier alpha value is -1.11. The molecule has 1 aromatic rings. The van der Waals surface area contributed by atoms with Gasteiger partial charge in [0.15, 0.2) is 0 Å². The van der Waals surface area contributed by atoms with Gasteiger partial charge >= 0.3 is 0 Å². The summed E-state index contributed by atoms with van der Waals surface area (Å²) in [6, 6.07) is 0.312. The van der Waals surface area contributed by atoms with E-state index in [0.717, 1.165) is 32.6 Å². The summed E-state index contributed by atoms with van der Waals surface area (Å²) in [5.41, 5.74) is 0.686. The molecular formula is C16H28ClN5O. The van der Waals surface area contributed by atoms with Gasteiger partial charge in [0.2, 0.25) is 0 Å². The third-order valence-electron chi connectivity index (χ3n) is 4.88. The molecule has 3 heterocycles. The van der Waals surface area contributed by atoms with Crippen molar-refractivity contribution < 1.29 is 4.79 Å². The van der Waals surface area contributed by atoms with Crippen LogP contribution in [0.3, 0.4) is 0 Å². The molecule has 3 rings (SSSR count). The van der Waals surface area contributed by atoms with Gasteiger partial charge in [0.1, 0.15) is 5.69 Å². The number of nitrogens with one attached hydrogen (secondary N) is 1. The highest BCUT2D eigenvalue weighted by Gasteiger charge is 2.29. The van der Waals surface area contributed by atoms with Crippen LogP contribution in [0.1, 0.15) is 36.2 Å². The molecule has 1 aromatic heterocycles. The van der Waals surface area contributed by atoms with Crippen molar-refractivity contribution in [2.45, 2.75) is 31.7 Å². The molecule has 130 valence electrons. The number of hydrogen-bond donors (Lipinski definition) is 1. The molecule has 2 fully saturated rings. The molecule has 1 N–H and O–H groups in total. The van der Waals surface area contributed by atoms with E-state index < -0.39 is 0 Å². The van der Waals surface area contributed by atoms with Crippen molar-refractivity contribution >= 4 is 18.3 Å². The van der Waals surface area contributed by atoms with Crippen LogP contribution in [-0.2, 0) is 7.05 Å². The molecule has 0 saturated carbocycles. The van der Waals surface area contributed by atoms with Gasteiger partial charge in [0, 0.05) is 32.7 Å². The van der Waals surface area contributed by atoms with Gasteiger partial charge in [-0.1, -0.05) is 6.42 Å². The van der Waals surface area contributed by atoms with Crippen LogP contribution >= 0.6 is 12.4 Å². The largest absolute Gasteiger partial charge is 0.332 e. The predicted molar refractivity (Wildman–Crippen MR) is 93.1 cm³/mol. The smallest absolute Gasteiger partial charge is 0.272 e. The van der Waals surface area contributed by atoms with Crippen molar-refractivity contribution in [3.63, 3.8) is 0 Å². The molecule has 2 aliphatic heterocycles. The van der Waals surface area contributed by atoms with Crippen LogP contribution in [0, 0.1) is 0 Å². The monoisotopic (exact) mass is 341 g/mol. The maximum absolute atomic E-state index is 12.9. The molecule has 1 amide bonds. The zero-order chi connectivity index (χ0) is 15.4. The van der Waals surface area contributed by atoms with Crippen LogP contribution in [0.15, 0.2) is 12.5 Å². The highest BCUT2D eigenvalue weighted by Crippen LogP contribution is 2.15. The normalized spacial score (nSPS) is 21.9. The lowest BCUT2D eigenvalue weighted by molar-refractivity contribution is 0.0650. The highest BCUT2D eigenvalue weighted by atomic mass is 35.5. The number of carbonyl (C=O) groups is 1. The van der Waals surface area contributed by atoms with Gasteiger partial charge in [-0.25, -0.2) is 4.98 Å². The minimum atomic E-state index is 0. The number of imidazole rings is 1. The van der Waals surface area contributed by atoms with Crippen LogP contribution in [0.5, 0.6) is 0 Å². The van der Waals surface area contributed by atoms with Crippen LogP contribution in [-0.4, -0.2) is 70.6 Å². The molecule has 0 radical (unpaired) electrons. The predicted octanol–water partition coefficient (Wildman–Crippen LogP) is 1.13. The van der Waals surface area contributed by atoms with Crippen molar-refractivity contribution in [2.24, 2.45) is 7.05 Å². The third kappa shape index (κ3) is 4.46. The van der Waals surface area contributed by atoms with Gasteiger partial charge in [0.05, 0.1) is 12.5 Å². The van der Waals surface area contributed by atoms with Gasteiger partial charge in [-0.05, 0) is 38.9 Å². The van der Waals surface area contributed by atoms with Crippen LogP contribution in [0.2, 0.25) is 0 Å². The van der Waals surface area contributed by atoms with Gasteiger partial charge in [0.25, 0.3) is 5.91 Å². The molecule has 23 heavy (non-hydrogen) atoms. The number of amides is 1. The van der Waals surface area contributed by atoms with Crippen molar-refractivity contribution in [1.29, 1.82) is 0 Å². The molecule has 2 aliphatic rings. The number of carbonyl (C=O) groups excluding carboxylic acids is 1. The van der Waals surface area contributed by atoms with Gasteiger partial charge < -0.3 is 19.7 Å². The first-order chi connectivity index (χ1) is 10.8. The van der Waals surface area contributed by atoms with Gasteiger partial charge in [-0.3, -0.25) is 4.79 Å². The van der Waals surface area contributed by atoms with E-state index in [0.29, 0.717) is 11.7 Å². The Morgan fingerprint density at radius 1 is 1.39 bits per heavy atom. The summed E-state index contributed by atoms with van der Waals surface area (Å²) in [4.78, 5) is 21.6. The van der Waals surface area contributed by atoms with Crippen molar-refractivity contribution in [2.75, 3.05) is 39.3 Å². The second kappa shape index (κ2) is 8.66. The fourth-order valence-electron chi connectivity index (χ4n) is 3.50. The minimum Gasteiger partial charge on any atom is -0.332 e. The summed E-state index contributed by atoms with van der Waals surface area (Å²) in [5, 5.41) is 3.38. The fraction of sp³-hybridized carbons (Fsp3) is 0.750. The number of piperidine rings is 1. The van der Waals surface area contributed by atoms with E-state index >= 15 is 0 Å². The average molecular weight is 342 g/mol. The first-order valence-electron chi connectivity index (χ1n) is 8.46. The van der Waals surface area contributed by atoms with Crippen LogP contribution < -0.4 is 5.32 Å². The summed E-state index contributed by atoms with van der Waals surface area (Å²) in [5.74, 6) is 0.116. The molecule has 0 bridgehead atoms. The lowest BCUT2D eigenvalue weighted by atomic mass is 10.1. The number of aryl methyl sites for hydroxylation is 1. The number of rotatable bonds is 5. The van der Waals surface area contributed by atoms with Crippen molar-refractivity contribution in [3.8, 4) is 0 Å². The van der Waals surface area contributed by atoms with Crippen LogP contribution in [0.25, 0.3) is 0 Å². The summed E-state index contributed by atoms with van der Waals surface area (Å²) >= 11 is 0. The van der Waals surface area contributed by atoms with Gasteiger partial charge in [-0.15, -0.1) is 12.4 Å². The second-order valence-electron chi connectivity index (χ2n) is 6.44. The Kier molecular flexibility index (Phi) is 6.87. The van der Waals surface area contributed by atoms with E-state index in [1.165, 1.54) is 32.4 Å². The number of likely N-dealkylation sites (tertiary alicyclic amines) is 1. The quantitative estimate of drug-likeness (QED) is 0.872. The molecule has 6 nitrogen and oxygen atoms in total. The van der Waals surface area contributed by atoms with Crippen molar-refractivity contribution in [3.05, 3.63) is 18.2 Å². The standard InChI is InChI=1S/C16H27N5O.ClH/c1-19-13-18-12-15(19)16(22)21(14-5-6-17-11-14)10-9-20-7-3-2-4-8-20;/h12-14,17H,2-11H2,1H3;1H. The number of nitrogens with zero attached hydrogens (tertiary/aromatic N) is 4. The average Bonchev–Trinajstić information content (AvgIpc) is 3.20. The van der Waals surface area contributed by atoms with E-state index in [1.54, 1.807) is 12.5 Å². The van der Waals surface area contributed by atoms with E-state index in [2.05, 4.69) is 20.1 Å². The maximum Gasteiger partial charge on any atom is 0.272 e. The highest BCUT2D eigenvalue weighted by molar-refractivity contribution is 5.92. The topological polar surface area (TPSA) is 53.4 Å². The minimum absolute atomic E-state index is 0. The zero-order valence-electron chi connectivity index (χ0n) is 13.9. The lowest BCUT2D eigenvalue weighted by Gasteiger charge is -2.33. The summed E-state index contributed by atoms with van der Waals surface area (Å²) < 4.78 is 1.82. The molecular weight excluding hydrogens is 314 g/mol. The first-order valence-corrected chi connectivity index (χ1v) is 8.46. The van der Waals surface area contributed by atoms with Gasteiger partial charge in [-0.2, -0.15) is 0 Å². The van der Waals surface area contributed by atoms with E-state index in [4.69, 9.17) is 0 Å². The third-order valence-corrected chi connectivity index (χ3v) is 4.88. The summed E-state index contributed by atoms with van der Waals surface area (Å²) in [6.45, 7) is 6.07. The number of aromatic nitrogens is 2. The Labute approximate surface area is 144 Å². The molecule has 0 aromatic carbocycles. The molecule has 2 saturated heterocycles. The van der Waals surface area contributed by atoms with Crippen molar-refractivity contribution in [1.82, 2.24) is 24.7 Å². The Bertz CT molecular complexity index is 494. The maximum atomic E-state index is 12.9. The van der Waals surface area contributed by atoms with E-state index in [1.807, 2.05) is 11.6 Å². The molecule has 1 atom stereocenters. The summed E-state index contributed by atoms with van der Waals surface area (Å²) in [6.07, 6.45) is 8.35. The Morgan fingerprint density at radius 2 is 2.17 bits per heavy atom. The zero-order valence-corrected chi connectivity index (χ0v) is 14.7. The Morgan fingerprint density at radius 3 is 2.78 bits per heavy atom. The SMILES string of the molecule is Cl.Cn1cncc1C(=O)N(CCN1CCCCC1)C1CCNC1. The summed E-state index contributed by atoms with van der Waals surface area (Å²) in [7, 11) is 1.88. The first kappa shape index (κ1) is 18.2. The molecule has 0 aliphatic carbocycles. The second-order valence-corrected chi connectivity index (χ2v) is 6.44. The molecule has 0 spiro atoms. The molecule has 7 heteroatoms. The number of hydrogen-bond acceptors (Lipinski definition) is 4.